The number of amides is 1. The molecule has 3 rings (SSSR count). The molecule has 126 valence electrons. The molecule has 0 aromatic heterocycles. The number of piperidine rings is 1. The summed E-state index contributed by atoms with van der Waals surface area (Å²) in [4.78, 5) is 16.9. The minimum absolute atomic E-state index is 0.211. The van der Waals surface area contributed by atoms with E-state index in [1.165, 1.54) is 5.69 Å². The number of nitrogens with zero attached hydrogens (tertiary/aromatic N) is 2. The normalized spacial score (nSPS) is 20.4. The van der Waals surface area contributed by atoms with Crippen molar-refractivity contribution in [3.05, 3.63) is 30.3 Å². The van der Waals surface area contributed by atoms with Crippen molar-refractivity contribution in [3.63, 3.8) is 0 Å². The van der Waals surface area contributed by atoms with Crippen LogP contribution in [0.25, 0.3) is 0 Å². The Morgan fingerprint density at radius 3 is 2.48 bits per heavy atom. The summed E-state index contributed by atoms with van der Waals surface area (Å²) in [5.41, 5.74) is 1.30. The highest BCUT2D eigenvalue weighted by molar-refractivity contribution is 5.76. The van der Waals surface area contributed by atoms with E-state index in [0.717, 1.165) is 58.7 Å². The summed E-state index contributed by atoms with van der Waals surface area (Å²) in [5.74, 6) is 0.211. The Bertz CT molecular complexity index is 479. The van der Waals surface area contributed by atoms with E-state index in [2.05, 4.69) is 50.8 Å². The van der Waals surface area contributed by atoms with Crippen molar-refractivity contribution < 1.29 is 4.79 Å². The minimum Gasteiger partial charge on any atom is -0.369 e. The Labute approximate surface area is 139 Å². The summed E-state index contributed by atoms with van der Waals surface area (Å²) >= 11 is 0. The second-order valence-corrected chi connectivity index (χ2v) is 6.51. The lowest BCUT2D eigenvalue weighted by molar-refractivity contribution is -0.122. The lowest BCUT2D eigenvalue weighted by Crippen LogP contribution is -2.48. The number of hydrogen-bond donors (Lipinski definition) is 2. The van der Waals surface area contributed by atoms with Gasteiger partial charge in [0, 0.05) is 50.9 Å². The van der Waals surface area contributed by atoms with E-state index >= 15 is 0 Å². The Morgan fingerprint density at radius 1 is 1.09 bits per heavy atom. The predicted octanol–water partition coefficient (Wildman–Crippen LogP) is 1.07. The molecule has 0 unspecified atom stereocenters. The molecule has 5 heteroatoms. The highest BCUT2D eigenvalue weighted by Crippen LogP contribution is 2.15. The van der Waals surface area contributed by atoms with Gasteiger partial charge < -0.3 is 15.5 Å². The lowest BCUT2D eigenvalue weighted by Gasteiger charge is -2.36. The predicted molar refractivity (Wildman–Crippen MR) is 93.7 cm³/mol. The summed E-state index contributed by atoms with van der Waals surface area (Å²) in [6.07, 6.45) is 2.73. The van der Waals surface area contributed by atoms with Gasteiger partial charge in [-0.05, 0) is 38.1 Å². The Morgan fingerprint density at radius 2 is 1.78 bits per heavy atom. The van der Waals surface area contributed by atoms with Gasteiger partial charge in [-0.25, -0.2) is 0 Å². The number of benzene rings is 1. The topological polar surface area (TPSA) is 47.6 Å². The first-order valence-corrected chi connectivity index (χ1v) is 8.84. The van der Waals surface area contributed by atoms with Gasteiger partial charge in [0.15, 0.2) is 0 Å². The fourth-order valence-corrected chi connectivity index (χ4v) is 3.39. The van der Waals surface area contributed by atoms with E-state index in [-0.39, 0.29) is 5.91 Å². The third kappa shape index (κ3) is 4.94. The third-order valence-corrected chi connectivity index (χ3v) is 4.85. The van der Waals surface area contributed by atoms with Crippen LogP contribution in [-0.4, -0.2) is 62.7 Å². The molecular formula is C18H28N4O. The molecular weight excluding hydrogens is 288 g/mol. The highest BCUT2D eigenvalue weighted by Gasteiger charge is 2.19. The zero-order valence-electron chi connectivity index (χ0n) is 13.8. The zero-order chi connectivity index (χ0) is 15.9. The van der Waals surface area contributed by atoms with Gasteiger partial charge in [-0.15, -0.1) is 0 Å². The van der Waals surface area contributed by atoms with Crippen LogP contribution in [0.4, 0.5) is 5.69 Å². The number of piperazine rings is 1. The highest BCUT2D eigenvalue weighted by atomic mass is 16.1. The first kappa shape index (κ1) is 16.3. The molecule has 2 aliphatic heterocycles. The van der Waals surface area contributed by atoms with Gasteiger partial charge in [-0.2, -0.15) is 0 Å². The molecule has 0 spiro atoms. The lowest BCUT2D eigenvalue weighted by atomic mass is 10.1. The standard InChI is InChI=1S/C18H28N4O/c23-18(20-16-6-9-19-10-7-16)8-11-21-12-14-22(15-13-21)17-4-2-1-3-5-17/h1-5,16,19H,6-15H2,(H,20,23). The second kappa shape index (κ2) is 8.31. The number of carbonyl (C=O) groups excluding carboxylic acids is 1. The van der Waals surface area contributed by atoms with Crippen LogP contribution in [0.2, 0.25) is 0 Å². The first-order chi connectivity index (χ1) is 11.3. The molecule has 1 aromatic rings. The molecule has 23 heavy (non-hydrogen) atoms. The maximum absolute atomic E-state index is 12.1. The number of rotatable bonds is 5. The molecule has 2 heterocycles. The maximum Gasteiger partial charge on any atom is 0.221 e. The molecule has 0 aliphatic carbocycles. The van der Waals surface area contributed by atoms with Gasteiger partial charge in [-0.1, -0.05) is 18.2 Å². The van der Waals surface area contributed by atoms with Crippen LogP contribution in [0.15, 0.2) is 30.3 Å². The largest absolute Gasteiger partial charge is 0.369 e. The van der Waals surface area contributed by atoms with Gasteiger partial charge in [0.2, 0.25) is 5.91 Å². The molecule has 5 nitrogen and oxygen atoms in total. The van der Waals surface area contributed by atoms with Crippen molar-refractivity contribution in [2.75, 3.05) is 50.7 Å². The fourth-order valence-electron chi connectivity index (χ4n) is 3.39. The van der Waals surface area contributed by atoms with E-state index in [1.54, 1.807) is 0 Å². The maximum atomic E-state index is 12.1. The van der Waals surface area contributed by atoms with Gasteiger partial charge in [0.05, 0.1) is 0 Å². The van der Waals surface area contributed by atoms with Gasteiger partial charge in [0.25, 0.3) is 0 Å². The van der Waals surface area contributed by atoms with Gasteiger partial charge in [0.1, 0.15) is 0 Å². The van der Waals surface area contributed by atoms with Crippen LogP contribution >= 0.6 is 0 Å². The molecule has 2 saturated heterocycles. The Balaban J connectivity index is 1.35. The van der Waals surface area contributed by atoms with Gasteiger partial charge in [-0.3, -0.25) is 9.69 Å². The third-order valence-electron chi connectivity index (χ3n) is 4.85. The quantitative estimate of drug-likeness (QED) is 0.853. The number of anilines is 1. The molecule has 0 radical (unpaired) electrons. The van der Waals surface area contributed by atoms with E-state index < -0.39 is 0 Å². The summed E-state index contributed by atoms with van der Waals surface area (Å²) in [6.45, 7) is 7.07. The zero-order valence-corrected chi connectivity index (χ0v) is 13.8. The van der Waals surface area contributed by atoms with Crippen molar-refractivity contribution >= 4 is 11.6 Å². The molecule has 1 amide bonds. The molecule has 2 aliphatic rings. The Kier molecular flexibility index (Phi) is 5.88. The van der Waals surface area contributed by atoms with Crippen LogP contribution in [0.3, 0.4) is 0 Å². The summed E-state index contributed by atoms with van der Waals surface area (Å²) < 4.78 is 0. The van der Waals surface area contributed by atoms with Crippen LogP contribution < -0.4 is 15.5 Å². The van der Waals surface area contributed by atoms with Crippen molar-refractivity contribution in [3.8, 4) is 0 Å². The van der Waals surface area contributed by atoms with E-state index in [0.29, 0.717) is 12.5 Å². The van der Waals surface area contributed by atoms with Crippen LogP contribution in [-0.2, 0) is 4.79 Å². The Hall–Kier alpha value is -1.59. The summed E-state index contributed by atoms with van der Waals surface area (Å²) in [7, 11) is 0. The molecule has 1 aromatic carbocycles. The van der Waals surface area contributed by atoms with E-state index in [1.807, 2.05) is 0 Å². The van der Waals surface area contributed by atoms with Crippen molar-refractivity contribution in [2.24, 2.45) is 0 Å². The van der Waals surface area contributed by atoms with Crippen molar-refractivity contribution in [1.82, 2.24) is 15.5 Å². The van der Waals surface area contributed by atoms with Crippen LogP contribution in [0.5, 0.6) is 0 Å². The van der Waals surface area contributed by atoms with Crippen molar-refractivity contribution in [2.45, 2.75) is 25.3 Å². The number of para-hydroxylation sites is 1. The number of hydrogen-bond acceptors (Lipinski definition) is 4. The molecule has 0 atom stereocenters. The van der Waals surface area contributed by atoms with Crippen molar-refractivity contribution in [1.29, 1.82) is 0 Å². The van der Waals surface area contributed by atoms with Crippen LogP contribution in [0, 0.1) is 0 Å². The summed E-state index contributed by atoms with van der Waals surface area (Å²) in [5, 5.41) is 6.50. The SMILES string of the molecule is O=C(CCN1CCN(c2ccccc2)CC1)NC1CCNCC1. The minimum atomic E-state index is 0.211. The first-order valence-electron chi connectivity index (χ1n) is 8.84. The molecule has 2 fully saturated rings. The smallest absolute Gasteiger partial charge is 0.221 e. The monoisotopic (exact) mass is 316 g/mol. The molecule has 2 N–H and O–H groups in total. The summed E-state index contributed by atoms with van der Waals surface area (Å²) in [6, 6.07) is 10.9. The van der Waals surface area contributed by atoms with E-state index in [9.17, 15) is 4.79 Å². The average molecular weight is 316 g/mol. The molecule has 0 saturated carbocycles. The second-order valence-electron chi connectivity index (χ2n) is 6.51. The fraction of sp³-hybridized carbons (Fsp3) is 0.611. The number of carbonyl (C=O) groups is 1. The average Bonchev–Trinajstić information content (AvgIpc) is 2.62. The van der Waals surface area contributed by atoms with E-state index in [4.69, 9.17) is 0 Å². The van der Waals surface area contributed by atoms with Crippen LogP contribution in [0.1, 0.15) is 19.3 Å². The van der Waals surface area contributed by atoms with Gasteiger partial charge >= 0.3 is 0 Å². The molecule has 0 bridgehead atoms. The number of nitrogens with one attached hydrogen (secondary N) is 2.